The van der Waals surface area contributed by atoms with Crippen molar-refractivity contribution in [3.8, 4) is 38.9 Å². The minimum absolute atomic E-state index is 0.670. The van der Waals surface area contributed by atoms with Crippen LogP contribution < -0.4 is 0 Å². The van der Waals surface area contributed by atoms with Crippen molar-refractivity contribution < 1.29 is 0 Å². The summed E-state index contributed by atoms with van der Waals surface area (Å²) in [5.41, 5.74) is 10.1. The normalized spacial score (nSPS) is 11.0. The predicted octanol–water partition coefficient (Wildman–Crippen LogP) is 7.49. The monoisotopic (exact) mass is 404 g/mol. The largest absolute Gasteiger partial charge is 0.315 e. The van der Waals surface area contributed by atoms with Crippen LogP contribution in [0.3, 0.4) is 0 Å². The maximum atomic E-state index is 9.53. The maximum absolute atomic E-state index is 9.53. The summed E-state index contributed by atoms with van der Waals surface area (Å²) in [5.74, 6) is 0. The molecule has 3 aromatic heterocycles. The Labute approximate surface area is 180 Å². The minimum Gasteiger partial charge on any atom is -0.315 e. The fourth-order valence-electron chi connectivity index (χ4n) is 3.99. The topological polar surface area (TPSA) is 28.2 Å². The molecular weight excluding hydrogens is 384 g/mol. The molecule has 0 saturated heterocycles. The van der Waals surface area contributed by atoms with Crippen molar-refractivity contribution in [2.75, 3.05) is 0 Å². The van der Waals surface area contributed by atoms with Gasteiger partial charge in [0.15, 0.2) is 0 Å². The summed E-state index contributed by atoms with van der Waals surface area (Å²) in [6.45, 7) is 4.22. The van der Waals surface area contributed by atoms with Gasteiger partial charge in [-0.2, -0.15) is 5.26 Å². The van der Waals surface area contributed by atoms with Crippen LogP contribution in [-0.4, -0.2) is 4.40 Å². The number of aromatic nitrogens is 1. The van der Waals surface area contributed by atoms with Crippen molar-refractivity contribution in [2.45, 2.75) is 13.8 Å². The van der Waals surface area contributed by atoms with Crippen LogP contribution in [-0.2, 0) is 0 Å². The van der Waals surface area contributed by atoms with E-state index in [1.807, 2.05) is 18.3 Å². The van der Waals surface area contributed by atoms with E-state index >= 15 is 0 Å². The first-order valence-electron chi connectivity index (χ1n) is 9.92. The van der Waals surface area contributed by atoms with Crippen LogP contribution >= 0.6 is 11.3 Å². The highest BCUT2D eigenvalue weighted by atomic mass is 32.1. The lowest BCUT2D eigenvalue weighted by Gasteiger charge is -2.10. The molecule has 0 saturated carbocycles. The van der Waals surface area contributed by atoms with Gasteiger partial charge in [0.05, 0.1) is 22.8 Å². The highest BCUT2D eigenvalue weighted by Crippen LogP contribution is 2.46. The molecule has 0 aliphatic carbocycles. The predicted molar refractivity (Wildman–Crippen MR) is 126 cm³/mol. The Bertz CT molecular complexity index is 1380. The number of rotatable bonds is 3. The van der Waals surface area contributed by atoms with Crippen LogP contribution in [0.1, 0.15) is 16.7 Å². The molecule has 0 bridgehead atoms. The Kier molecular flexibility index (Phi) is 4.50. The zero-order valence-electron chi connectivity index (χ0n) is 16.9. The van der Waals surface area contributed by atoms with Crippen LogP contribution in [0.25, 0.3) is 38.3 Å². The first kappa shape index (κ1) is 18.4. The molecule has 0 spiro atoms. The molecule has 30 heavy (non-hydrogen) atoms. The Morgan fingerprint density at radius 2 is 1.47 bits per heavy atom. The molecule has 0 unspecified atom stereocenters. The quantitative estimate of drug-likeness (QED) is 0.306. The lowest BCUT2D eigenvalue weighted by atomic mass is 9.95. The second-order valence-corrected chi connectivity index (χ2v) is 8.54. The Morgan fingerprint density at radius 3 is 2.07 bits per heavy atom. The van der Waals surface area contributed by atoms with E-state index in [0.29, 0.717) is 5.56 Å². The molecule has 0 fully saturated rings. The average Bonchev–Trinajstić information content (AvgIpc) is 3.40. The molecule has 0 radical (unpaired) electrons. The number of thiophene rings is 1. The number of nitriles is 1. The first-order chi connectivity index (χ1) is 14.7. The number of fused-ring (bicyclic) bond motifs is 1. The minimum atomic E-state index is 0.670. The molecule has 0 amide bonds. The summed E-state index contributed by atoms with van der Waals surface area (Å²) < 4.78 is 2.23. The summed E-state index contributed by atoms with van der Waals surface area (Å²) in [6.07, 6.45) is 2.03. The van der Waals surface area contributed by atoms with Crippen LogP contribution in [0.15, 0.2) is 84.4 Å². The van der Waals surface area contributed by atoms with Crippen molar-refractivity contribution in [1.29, 1.82) is 5.26 Å². The Morgan fingerprint density at radius 1 is 0.800 bits per heavy atom. The highest BCUT2D eigenvalue weighted by Gasteiger charge is 2.23. The summed E-state index contributed by atoms with van der Waals surface area (Å²) in [7, 11) is 0. The lowest BCUT2D eigenvalue weighted by molar-refractivity contribution is 1.20. The lowest BCUT2D eigenvalue weighted by Crippen LogP contribution is -1.90. The van der Waals surface area contributed by atoms with Crippen molar-refractivity contribution in [3.63, 3.8) is 0 Å². The molecular formula is C27H20N2S. The second-order valence-electron chi connectivity index (χ2n) is 7.59. The van der Waals surface area contributed by atoms with E-state index in [9.17, 15) is 5.26 Å². The van der Waals surface area contributed by atoms with Gasteiger partial charge in [-0.05, 0) is 48.6 Å². The molecule has 144 valence electrons. The highest BCUT2D eigenvalue weighted by molar-refractivity contribution is 7.13. The van der Waals surface area contributed by atoms with E-state index < -0.39 is 0 Å². The Balaban J connectivity index is 1.96. The standard InChI is InChI=1S/C27H20N2S/c1-18-5-9-21(10-6-18)25-26(24-4-3-15-30-24)23-16-20(17-28)13-14-29(23)27(25)22-11-7-19(2)8-12-22/h3-16H,1-2H3. The van der Waals surface area contributed by atoms with E-state index in [1.165, 1.54) is 38.3 Å². The van der Waals surface area contributed by atoms with Crippen LogP contribution in [0.2, 0.25) is 0 Å². The third kappa shape index (κ3) is 3.03. The number of nitrogens with zero attached hydrogens (tertiary/aromatic N) is 2. The van der Waals surface area contributed by atoms with E-state index in [0.717, 1.165) is 11.2 Å². The molecule has 5 rings (SSSR count). The zero-order chi connectivity index (χ0) is 20.7. The van der Waals surface area contributed by atoms with Crippen molar-refractivity contribution in [3.05, 3.63) is 101 Å². The number of aryl methyl sites for hydroxylation is 2. The summed E-state index contributed by atoms with van der Waals surface area (Å²) in [5, 5.41) is 11.6. The van der Waals surface area contributed by atoms with Crippen molar-refractivity contribution >= 4 is 16.9 Å². The van der Waals surface area contributed by atoms with E-state index in [-0.39, 0.29) is 0 Å². The van der Waals surface area contributed by atoms with Gasteiger partial charge in [-0.1, -0.05) is 65.7 Å². The van der Waals surface area contributed by atoms with Crippen LogP contribution in [0.4, 0.5) is 0 Å². The number of benzene rings is 2. The maximum Gasteiger partial charge on any atom is 0.0992 e. The summed E-state index contributed by atoms with van der Waals surface area (Å²) in [4.78, 5) is 1.21. The van der Waals surface area contributed by atoms with E-state index in [1.54, 1.807) is 11.3 Å². The molecule has 0 aliphatic heterocycles. The second kappa shape index (κ2) is 7.33. The van der Waals surface area contributed by atoms with Gasteiger partial charge in [0.25, 0.3) is 0 Å². The number of pyridine rings is 1. The molecule has 2 nitrogen and oxygen atoms in total. The van der Waals surface area contributed by atoms with Gasteiger partial charge in [0.2, 0.25) is 0 Å². The van der Waals surface area contributed by atoms with Gasteiger partial charge in [0, 0.05) is 22.2 Å². The fourth-order valence-corrected chi connectivity index (χ4v) is 4.78. The average molecular weight is 405 g/mol. The smallest absolute Gasteiger partial charge is 0.0992 e. The van der Waals surface area contributed by atoms with Gasteiger partial charge in [-0.25, -0.2) is 0 Å². The van der Waals surface area contributed by atoms with Gasteiger partial charge >= 0.3 is 0 Å². The van der Waals surface area contributed by atoms with Crippen LogP contribution in [0, 0.1) is 25.2 Å². The summed E-state index contributed by atoms with van der Waals surface area (Å²) in [6, 6.07) is 27.9. The molecule has 0 aliphatic rings. The van der Waals surface area contributed by atoms with Gasteiger partial charge in [-0.15, -0.1) is 11.3 Å². The SMILES string of the molecule is Cc1ccc(-c2c(-c3cccs3)c3cc(C#N)ccn3c2-c2ccc(C)cc2)cc1. The van der Waals surface area contributed by atoms with Gasteiger partial charge in [-0.3, -0.25) is 0 Å². The molecule has 0 atom stereocenters. The van der Waals surface area contributed by atoms with E-state index in [4.69, 9.17) is 0 Å². The molecule has 5 aromatic rings. The summed E-state index contributed by atoms with van der Waals surface area (Å²) >= 11 is 1.73. The van der Waals surface area contributed by atoms with Crippen molar-refractivity contribution in [2.24, 2.45) is 0 Å². The molecule has 3 heterocycles. The fraction of sp³-hybridized carbons (Fsp3) is 0.0741. The molecule has 0 N–H and O–H groups in total. The zero-order valence-corrected chi connectivity index (χ0v) is 17.7. The van der Waals surface area contributed by atoms with Crippen molar-refractivity contribution in [1.82, 2.24) is 4.40 Å². The molecule has 2 aromatic carbocycles. The first-order valence-corrected chi connectivity index (χ1v) is 10.8. The number of hydrogen-bond donors (Lipinski definition) is 0. The van der Waals surface area contributed by atoms with Gasteiger partial charge < -0.3 is 4.40 Å². The third-order valence-electron chi connectivity index (χ3n) is 5.50. The van der Waals surface area contributed by atoms with Gasteiger partial charge in [0.1, 0.15) is 0 Å². The van der Waals surface area contributed by atoms with E-state index in [2.05, 4.69) is 90.4 Å². The molecule has 3 heteroatoms. The number of hydrogen-bond acceptors (Lipinski definition) is 2. The Hall–Kier alpha value is -3.61. The third-order valence-corrected chi connectivity index (χ3v) is 6.39. The van der Waals surface area contributed by atoms with Crippen LogP contribution in [0.5, 0.6) is 0 Å².